The molecule has 0 unspecified atom stereocenters. The maximum absolute atomic E-state index is 5.58. The average molecular weight is 180 g/mol. The van der Waals surface area contributed by atoms with Gasteiger partial charge in [-0.2, -0.15) is 0 Å². The lowest BCUT2D eigenvalue weighted by molar-refractivity contribution is 0.157. The van der Waals surface area contributed by atoms with Crippen LogP contribution in [0.1, 0.15) is 34.1 Å². The number of hydrogen-bond donors (Lipinski definition) is 0. The molecule has 1 heteroatoms. The van der Waals surface area contributed by atoms with Crippen molar-refractivity contribution in [2.75, 3.05) is 0 Å². The van der Waals surface area contributed by atoms with Gasteiger partial charge in [0, 0.05) is 0 Å². The molecular weight excluding hydrogens is 160 g/mol. The molecule has 0 aliphatic heterocycles. The van der Waals surface area contributed by atoms with Crippen molar-refractivity contribution in [1.29, 1.82) is 0 Å². The molecule has 0 bridgehead atoms. The van der Waals surface area contributed by atoms with Crippen LogP contribution in [0.25, 0.3) is 0 Å². The number of rotatable bonds is 5. The van der Waals surface area contributed by atoms with E-state index in [0.29, 0.717) is 0 Å². The van der Waals surface area contributed by atoms with Gasteiger partial charge in [0.2, 0.25) is 0 Å². The Hall–Kier alpha value is -0.980. The standard InChI is InChI=1S/C12H20O/c1-6-8-12(13-10(3)4)9-11(5)7-2/h6,8-10H,1,7H2,2-5H3/b11-9+,12-8+. The molecule has 13 heavy (non-hydrogen) atoms. The second-order valence-corrected chi connectivity index (χ2v) is 3.32. The molecule has 0 saturated heterocycles. The zero-order valence-corrected chi connectivity index (χ0v) is 9.13. The number of ether oxygens (including phenoxy) is 1. The van der Waals surface area contributed by atoms with Crippen LogP contribution in [0.3, 0.4) is 0 Å². The lowest BCUT2D eigenvalue weighted by atomic mass is 10.2. The van der Waals surface area contributed by atoms with Gasteiger partial charge in [-0.15, -0.1) is 0 Å². The number of allylic oxidation sites excluding steroid dienone is 4. The fraction of sp³-hybridized carbons (Fsp3) is 0.500. The van der Waals surface area contributed by atoms with Crippen molar-refractivity contribution in [2.24, 2.45) is 0 Å². The van der Waals surface area contributed by atoms with Crippen LogP contribution in [0.15, 0.2) is 36.1 Å². The Labute approximate surface area is 81.8 Å². The van der Waals surface area contributed by atoms with Crippen molar-refractivity contribution in [3.8, 4) is 0 Å². The van der Waals surface area contributed by atoms with Crippen LogP contribution in [0.5, 0.6) is 0 Å². The summed E-state index contributed by atoms with van der Waals surface area (Å²) in [6.07, 6.45) is 6.96. The predicted molar refractivity (Wildman–Crippen MR) is 58.5 cm³/mol. The molecule has 0 N–H and O–H groups in total. The summed E-state index contributed by atoms with van der Waals surface area (Å²) in [7, 11) is 0. The summed E-state index contributed by atoms with van der Waals surface area (Å²) in [6.45, 7) is 11.9. The zero-order chi connectivity index (χ0) is 10.3. The Balaban J connectivity index is 4.44. The van der Waals surface area contributed by atoms with Gasteiger partial charge >= 0.3 is 0 Å². The minimum Gasteiger partial charge on any atom is -0.491 e. The zero-order valence-electron chi connectivity index (χ0n) is 9.13. The Morgan fingerprint density at radius 2 is 2.08 bits per heavy atom. The highest BCUT2D eigenvalue weighted by Crippen LogP contribution is 2.09. The quantitative estimate of drug-likeness (QED) is 0.461. The molecule has 0 radical (unpaired) electrons. The second-order valence-electron chi connectivity index (χ2n) is 3.32. The summed E-state index contributed by atoms with van der Waals surface area (Å²) in [5.41, 5.74) is 1.31. The van der Waals surface area contributed by atoms with Crippen LogP contribution >= 0.6 is 0 Å². The van der Waals surface area contributed by atoms with Gasteiger partial charge in [-0.05, 0) is 39.3 Å². The van der Waals surface area contributed by atoms with Gasteiger partial charge in [0.05, 0.1) is 6.10 Å². The maximum atomic E-state index is 5.58. The molecule has 0 aliphatic rings. The maximum Gasteiger partial charge on any atom is 0.119 e. The molecule has 0 heterocycles. The molecule has 0 aliphatic carbocycles. The van der Waals surface area contributed by atoms with Crippen molar-refractivity contribution in [3.63, 3.8) is 0 Å². The summed E-state index contributed by atoms with van der Waals surface area (Å²) >= 11 is 0. The first kappa shape index (κ1) is 12.0. The van der Waals surface area contributed by atoms with Crippen molar-refractivity contribution in [2.45, 2.75) is 40.2 Å². The van der Waals surface area contributed by atoms with Crippen molar-refractivity contribution in [3.05, 3.63) is 36.1 Å². The summed E-state index contributed by atoms with van der Waals surface area (Å²) in [5, 5.41) is 0. The van der Waals surface area contributed by atoms with Gasteiger partial charge in [-0.1, -0.05) is 25.2 Å². The summed E-state index contributed by atoms with van der Waals surface area (Å²) < 4.78 is 5.58. The van der Waals surface area contributed by atoms with E-state index in [2.05, 4.69) is 26.5 Å². The van der Waals surface area contributed by atoms with Gasteiger partial charge in [-0.3, -0.25) is 0 Å². The largest absolute Gasteiger partial charge is 0.491 e. The van der Waals surface area contributed by atoms with Gasteiger partial charge in [0.25, 0.3) is 0 Å². The molecular formula is C12H20O. The third kappa shape index (κ3) is 6.21. The third-order valence-corrected chi connectivity index (χ3v) is 1.60. The Kier molecular flexibility index (Phi) is 6.03. The molecule has 0 aromatic carbocycles. The highest BCUT2D eigenvalue weighted by Gasteiger charge is 1.97. The van der Waals surface area contributed by atoms with Crippen molar-refractivity contribution < 1.29 is 4.74 Å². The van der Waals surface area contributed by atoms with E-state index in [-0.39, 0.29) is 6.10 Å². The Morgan fingerprint density at radius 3 is 2.46 bits per heavy atom. The Morgan fingerprint density at radius 1 is 1.46 bits per heavy atom. The monoisotopic (exact) mass is 180 g/mol. The van der Waals surface area contributed by atoms with Crippen molar-refractivity contribution in [1.82, 2.24) is 0 Å². The first-order chi connectivity index (χ1) is 6.10. The van der Waals surface area contributed by atoms with Crippen LogP contribution in [-0.4, -0.2) is 6.10 Å². The van der Waals surface area contributed by atoms with E-state index in [9.17, 15) is 0 Å². The lowest BCUT2D eigenvalue weighted by Gasteiger charge is -2.10. The molecule has 0 aromatic heterocycles. The van der Waals surface area contributed by atoms with Crippen LogP contribution in [0.2, 0.25) is 0 Å². The fourth-order valence-electron chi connectivity index (χ4n) is 0.855. The van der Waals surface area contributed by atoms with E-state index in [4.69, 9.17) is 4.74 Å². The van der Waals surface area contributed by atoms with Gasteiger partial charge in [0.1, 0.15) is 5.76 Å². The third-order valence-electron chi connectivity index (χ3n) is 1.60. The highest BCUT2D eigenvalue weighted by atomic mass is 16.5. The smallest absolute Gasteiger partial charge is 0.119 e. The molecule has 0 atom stereocenters. The molecule has 1 nitrogen and oxygen atoms in total. The van der Waals surface area contributed by atoms with Crippen LogP contribution in [-0.2, 0) is 4.74 Å². The first-order valence-electron chi connectivity index (χ1n) is 4.76. The molecule has 0 saturated carbocycles. The Bertz CT molecular complexity index is 209. The van der Waals surface area contributed by atoms with Crippen LogP contribution < -0.4 is 0 Å². The topological polar surface area (TPSA) is 9.23 Å². The summed E-state index contributed by atoms with van der Waals surface area (Å²) in [4.78, 5) is 0. The minimum atomic E-state index is 0.215. The normalized spacial score (nSPS) is 13.3. The first-order valence-corrected chi connectivity index (χ1v) is 4.76. The van der Waals surface area contributed by atoms with E-state index in [1.807, 2.05) is 19.9 Å². The summed E-state index contributed by atoms with van der Waals surface area (Å²) in [6, 6.07) is 0. The SMILES string of the molecule is C=C/C=C(\C=C(/C)CC)OC(C)C. The molecule has 0 fully saturated rings. The van der Waals surface area contributed by atoms with E-state index in [1.165, 1.54) is 5.57 Å². The molecule has 0 rings (SSSR count). The van der Waals surface area contributed by atoms with Gasteiger partial charge in [0.15, 0.2) is 0 Å². The predicted octanol–water partition coefficient (Wildman–Crippen LogP) is 3.84. The number of hydrogen-bond acceptors (Lipinski definition) is 1. The van der Waals surface area contributed by atoms with Gasteiger partial charge < -0.3 is 4.74 Å². The van der Waals surface area contributed by atoms with Crippen molar-refractivity contribution >= 4 is 0 Å². The summed E-state index contributed by atoms with van der Waals surface area (Å²) in [5.74, 6) is 0.893. The van der Waals surface area contributed by atoms with Crippen LogP contribution in [0.4, 0.5) is 0 Å². The average Bonchev–Trinajstić information content (AvgIpc) is 2.03. The lowest BCUT2D eigenvalue weighted by Crippen LogP contribution is -2.00. The van der Waals surface area contributed by atoms with E-state index < -0.39 is 0 Å². The second kappa shape index (κ2) is 6.53. The van der Waals surface area contributed by atoms with Gasteiger partial charge in [-0.25, -0.2) is 0 Å². The molecule has 0 aromatic rings. The molecule has 74 valence electrons. The highest BCUT2D eigenvalue weighted by molar-refractivity contribution is 5.21. The van der Waals surface area contributed by atoms with E-state index in [1.54, 1.807) is 6.08 Å². The molecule has 0 amide bonds. The minimum absolute atomic E-state index is 0.215. The molecule has 0 spiro atoms. The van der Waals surface area contributed by atoms with Crippen LogP contribution in [0, 0.1) is 0 Å². The van der Waals surface area contributed by atoms with E-state index >= 15 is 0 Å². The fourth-order valence-corrected chi connectivity index (χ4v) is 0.855. The van der Waals surface area contributed by atoms with E-state index in [0.717, 1.165) is 12.2 Å².